The smallest absolute Gasteiger partial charge is 0.854 e. The Labute approximate surface area is 501 Å². The summed E-state index contributed by atoms with van der Waals surface area (Å²) in [4.78, 5) is 0. The zero-order valence-corrected chi connectivity index (χ0v) is 54.7. The molecule has 456 valence electrons. The molecule has 0 N–H and O–H groups in total. The van der Waals surface area contributed by atoms with E-state index < -0.39 is 0 Å². The van der Waals surface area contributed by atoms with Crippen molar-refractivity contribution in [3.63, 3.8) is 0 Å². The van der Waals surface area contributed by atoms with Crippen LogP contribution in [0.15, 0.2) is 48.6 Å². The van der Waals surface area contributed by atoms with Crippen LogP contribution in [-0.4, -0.2) is 26.4 Å². The van der Waals surface area contributed by atoms with Gasteiger partial charge in [0.15, 0.2) is 0 Å². The van der Waals surface area contributed by atoms with Crippen molar-refractivity contribution in [2.75, 3.05) is 26.4 Å². The van der Waals surface area contributed by atoms with Crippen molar-refractivity contribution in [3.05, 3.63) is 48.6 Å². The molecule has 0 atom stereocenters. The zero-order valence-electron chi connectivity index (χ0n) is 53.2. The SMILES string of the molecule is CCCCCCCCC=CCCCCCCCC[O-].CCCCCCCCC=CCCCCCCCC[O-].CCCCCCCCC=CCCCCCCCC[O-].CCCCCCCCC=CCCCCCCCC[O-].[Ti+4]. The molecule has 0 bridgehead atoms. The van der Waals surface area contributed by atoms with Crippen LogP contribution >= 0.6 is 0 Å². The van der Waals surface area contributed by atoms with Gasteiger partial charge in [-0.05, 0) is 103 Å². The van der Waals surface area contributed by atoms with Crippen molar-refractivity contribution in [2.24, 2.45) is 0 Å². The molecular formula is C72H140O4Ti. The maximum absolute atomic E-state index is 10.3. The van der Waals surface area contributed by atoms with Crippen LogP contribution in [0.2, 0.25) is 0 Å². The third kappa shape index (κ3) is 101. The maximum Gasteiger partial charge on any atom is 4.00 e. The summed E-state index contributed by atoms with van der Waals surface area (Å²) < 4.78 is 0. The molecule has 0 aromatic rings. The van der Waals surface area contributed by atoms with Gasteiger partial charge in [0.05, 0.1) is 0 Å². The standard InChI is InChI=1S/4C18H35O.Ti/c4*1-2-3-4-5-6-7-8-9-10-11-12-13-14-15-16-17-18-19;/h4*9-10H,2-8,11-18H2,1H3;/q4*-1;+4. The summed E-state index contributed by atoms with van der Waals surface area (Å²) in [6.45, 7) is 9.53. The van der Waals surface area contributed by atoms with Gasteiger partial charge in [0.25, 0.3) is 0 Å². The Morgan fingerprint density at radius 1 is 0.156 bits per heavy atom. The van der Waals surface area contributed by atoms with Gasteiger partial charge in [0, 0.05) is 0 Å². The number of allylic oxidation sites excluding steroid dienone is 8. The molecule has 0 radical (unpaired) electrons. The Bertz CT molecular complexity index is 866. The second-order valence-corrected chi connectivity index (χ2v) is 22.6. The van der Waals surface area contributed by atoms with E-state index in [0.717, 1.165) is 51.4 Å². The predicted octanol–water partition coefficient (Wildman–Crippen LogP) is 21.5. The minimum absolute atomic E-state index is 0. The van der Waals surface area contributed by atoms with Gasteiger partial charge in [-0.25, -0.2) is 0 Å². The molecule has 0 aliphatic rings. The van der Waals surface area contributed by atoms with Gasteiger partial charge >= 0.3 is 21.7 Å². The molecule has 0 saturated carbocycles. The second-order valence-electron chi connectivity index (χ2n) is 22.6. The van der Waals surface area contributed by atoms with Gasteiger partial charge in [-0.15, -0.1) is 26.4 Å². The first-order valence-corrected chi connectivity index (χ1v) is 34.6. The summed E-state index contributed by atoms with van der Waals surface area (Å²) >= 11 is 0. The minimum atomic E-state index is 0. The van der Waals surface area contributed by atoms with E-state index in [2.05, 4.69) is 76.3 Å². The average molecular weight is 1120 g/mol. The van der Waals surface area contributed by atoms with E-state index in [0.29, 0.717) is 0 Å². The van der Waals surface area contributed by atoms with Crippen LogP contribution in [0.5, 0.6) is 0 Å². The summed E-state index contributed by atoms with van der Waals surface area (Å²) in [5, 5.41) is 41.0. The summed E-state index contributed by atoms with van der Waals surface area (Å²) in [6.07, 6.45) is 91.5. The zero-order chi connectivity index (χ0) is 56.1. The Hall–Kier alpha value is -0.486. The quantitative estimate of drug-likeness (QED) is 0.0345. The molecule has 77 heavy (non-hydrogen) atoms. The molecule has 0 aliphatic carbocycles. The number of hydrogen-bond acceptors (Lipinski definition) is 4. The van der Waals surface area contributed by atoms with Crippen LogP contribution in [0.3, 0.4) is 0 Å². The van der Waals surface area contributed by atoms with Gasteiger partial charge in [-0.1, -0.05) is 333 Å². The molecule has 0 aromatic heterocycles. The van der Waals surface area contributed by atoms with E-state index in [1.54, 1.807) is 0 Å². The molecule has 0 aliphatic heterocycles. The maximum atomic E-state index is 10.3. The van der Waals surface area contributed by atoms with Crippen molar-refractivity contribution in [1.29, 1.82) is 0 Å². The van der Waals surface area contributed by atoms with Crippen molar-refractivity contribution in [3.8, 4) is 0 Å². The fraction of sp³-hybridized carbons (Fsp3) is 0.889. The van der Waals surface area contributed by atoms with Gasteiger partial charge < -0.3 is 20.4 Å². The third-order valence-corrected chi connectivity index (χ3v) is 14.6. The summed E-state index contributed by atoms with van der Waals surface area (Å²) in [7, 11) is 0. The molecule has 0 spiro atoms. The molecule has 0 fully saturated rings. The van der Waals surface area contributed by atoms with Crippen LogP contribution in [0.4, 0.5) is 0 Å². The molecule has 0 saturated heterocycles. The van der Waals surface area contributed by atoms with Crippen molar-refractivity contribution in [2.45, 2.75) is 387 Å². The molecule has 0 heterocycles. The Morgan fingerprint density at radius 3 is 0.377 bits per heavy atom. The van der Waals surface area contributed by atoms with Crippen LogP contribution in [0, 0.1) is 0 Å². The fourth-order valence-corrected chi connectivity index (χ4v) is 9.40. The number of rotatable bonds is 60. The van der Waals surface area contributed by atoms with Gasteiger partial charge in [-0.3, -0.25) is 0 Å². The largest absolute Gasteiger partial charge is 4.00 e. The molecule has 0 rings (SSSR count). The first kappa shape index (κ1) is 85.3. The first-order chi connectivity index (χ1) is 37.7. The van der Waals surface area contributed by atoms with Crippen LogP contribution in [0.25, 0.3) is 0 Å². The van der Waals surface area contributed by atoms with Crippen molar-refractivity contribution < 1.29 is 42.1 Å². The summed E-state index contributed by atoms with van der Waals surface area (Å²) in [5.41, 5.74) is 0. The molecule has 0 unspecified atom stereocenters. The average Bonchev–Trinajstić information content (AvgIpc) is 3.43. The second kappa shape index (κ2) is 92.0. The number of unbranched alkanes of at least 4 members (excludes halogenated alkanes) is 48. The molecule has 4 nitrogen and oxygen atoms in total. The topological polar surface area (TPSA) is 92.2 Å². The monoisotopic (exact) mass is 1120 g/mol. The van der Waals surface area contributed by atoms with Crippen molar-refractivity contribution in [1.82, 2.24) is 0 Å². The fourth-order valence-electron chi connectivity index (χ4n) is 9.40. The Kier molecular flexibility index (Phi) is 102. The first-order valence-electron chi connectivity index (χ1n) is 34.6. The van der Waals surface area contributed by atoms with Crippen LogP contribution in [-0.2, 0) is 21.7 Å². The normalized spacial score (nSPS) is 11.3. The van der Waals surface area contributed by atoms with E-state index >= 15 is 0 Å². The van der Waals surface area contributed by atoms with Gasteiger partial charge in [0.2, 0.25) is 0 Å². The molecule has 5 heteroatoms. The Morgan fingerprint density at radius 2 is 0.260 bits per heavy atom. The molecular weight excluding hydrogens is 977 g/mol. The van der Waals surface area contributed by atoms with Gasteiger partial charge in [-0.2, -0.15) is 0 Å². The van der Waals surface area contributed by atoms with E-state index in [9.17, 15) is 20.4 Å². The van der Waals surface area contributed by atoms with E-state index in [-0.39, 0.29) is 48.1 Å². The number of hydrogen-bond donors (Lipinski definition) is 0. The summed E-state index contributed by atoms with van der Waals surface area (Å²) in [5.74, 6) is 0. The minimum Gasteiger partial charge on any atom is -0.854 e. The van der Waals surface area contributed by atoms with E-state index in [1.807, 2.05) is 0 Å². The van der Waals surface area contributed by atoms with Crippen LogP contribution in [0.1, 0.15) is 387 Å². The van der Waals surface area contributed by atoms with Gasteiger partial charge in [0.1, 0.15) is 0 Å². The van der Waals surface area contributed by atoms with Crippen LogP contribution < -0.4 is 20.4 Å². The predicted molar refractivity (Wildman–Crippen MR) is 337 cm³/mol. The molecule has 0 amide bonds. The third-order valence-electron chi connectivity index (χ3n) is 14.6. The van der Waals surface area contributed by atoms with E-state index in [4.69, 9.17) is 0 Å². The Balaban J connectivity index is -0.000000298. The summed E-state index contributed by atoms with van der Waals surface area (Å²) in [6, 6.07) is 0. The molecule has 0 aromatic carbocycles. The van der Waals surface area contributed by atoms with Crippen molar-refractivity contribution >= 4 is 0 Å². The van der Waals surface area contributed by atoms with E-state index in [1.165, 1.54) is 308 Å².